The minimum absolute atomic E-state index is 0. The number of rotatable bonds is 2. The van der Waals surface area contributed by atoms with E-state index in [1.165, 1.54) is 32.1 Å². The predicted octanol–water partition coefficient (Wildman–Crippen LogP) is 4.59. The van der Waals surface area contributed by atoms with Crippen molar-refractivity contribution in [3.8, 4) is 0 Å². The molecular formula is C16H30O2. The molecule has 0 spiro atoms. The van der Waals surface area contributed by atoms with E-state index in [0.29, 0.717) is 29.6 Å². The molecule has 1 N–H and O–H groups in total. The molecule has 18 heavy (non-hydrogen) atoms. The lowest BCUT2D eigenvalue weighted by Gasteiger charge is -2.59. The third kappa shape index (κ3) is 2.19. The van der Waals surface area contributed by atoms with E-state index in [-0.39, 0.29) is 6.84 Å². The fourth-order valence-corrected chi connectivity index (χ4v) is 5.23. The molecule has 2 fully saturated rings. The Bertz CT molecular complexity index is 340. The molecule has 2 saturated carbocycles. The summed E-state index contributed by atoms with van der Waals surface area (Å²) in [5.74, 6) is 1.03. The monoisotopic (exact) mass is 254 g/mol. The molecule has 2 aliphatic carbocycles. The smallest absolute Gasteiger partial charge is 0.303 e. The largest absolute Gasteiger partial charge is 0.481 e. The van der Waals surface area contributed by atoms with Crippen LogP contribution in [0, 0.1) is 28.6 Å². The molecule has 0 heterocycles. The van der Waals surface area contributed by atoms with E-state index < -0.39 is 5.97 Å². The van der Waals surface area contributed by atoms with Gasteiger partial charge in [-0.1, -0.05) is 40.5 Å². The molecule has 106 valence electrons. The van der Waals surface area contributed by atoms with Crippen LogP contribution in [0.1, 0.15) is 67.6 Å². The van der Waals surface area contributed by atoms with Gasteiger partial charge in [-0.05, 0) is 47.8 Å². The van der Waals surface area contributed by atoms with Gasteiger partial charge >= 0.3 is 5.97 Å². The standard InChI is InChI=1S/C16H28O2.H2/c1-11-6-7-13-15(2,3)8-5-9-16(13,4)12(11)10-14(17)18;/h11-13H,5-10H2,1-4H3,(H,17,18);1H. The Hall–Kier alpha value is -0.530. The summed E-state index contributed by atoms with van der Waals surface area (Å²) < 4.78 is 0. The zero-order valence-corrected chi connectivity index (χ0v) is 12.3. The van der Waals surface area contributed by atoms with Gasteiger partial charge in [-0.2, -0.15) is 0 Å². The number of aliphatic carboxylic acids is 1. The van der Waals surface area contributed by atoms with Gasteiger partial charge in [-0.3, -0.25) is 4.79 Å². The SMILES string of the molecule is CC1CCC2C(C)(C)CCCC2(C)C1CC(=O)O.[HH]. The van der Waals surface area contributed by atoms with Crippen LogP contribution in [0.4, 0.5) is 0 Å². The molecule has 0 saturated heterocycles. The van der Waals surface area contributed by atoms with Gasteiger partial charge in [-0.15, -0.1) is 0 Å². The molecule has 0 aromatic rings. The van der Waals surface area contributed by atoms with Crippen LogP contribution in [0.2, 0.25) is 0 Å². The zero-order chi connectivity index (χ0) is 13.6. The van der Waals surface area contributed by atoms with Crippen LogP contribution < -0.4 is 0 Å². The molecule has 2 nitrogen and oxygen atoms in total. The highest BCUT2D eigenvalue weighted by Crippen LogP contribution is 2.61. The first-order valence-corrected chi connectivity index (χ1v) is 7.49. The third-order valence-electron chi connectivity index (χ3n) is 6.12. The molecule has 4 unspecified atom stereocenters. The second kappa shape index (κ2) is 4.54. The first-order valence-electron chi connectivity index (χ1n) is 7.49. The number of carboxylic acids is 1. The van der Waals surface area contributed by atoms with Crippen molar-refractivity contribution in [1.29, 1.82) is 0 Å². The molecule has 4 atom stereocenters. The summed E-state index contributed by atoms with van der Waals surface area (Å²) in [5.41, 5.74) is 0.641. The molecule has 0 aromatic carbocycles. The van der Waals surface area contributed by atoms with Gasteiger partial charge in [0.15, 0.2) is 0 Å². The molecule has 0 aliphatic heterocycles. The van der Waals surface area contributed by atoms with E-state index in [1.54, 1.807) is 0 Å². The number of hydrogen-bond acceptors (Lipinski definition) is 1. The van der Waals surface area contributed by atoms with Gasteiger partial charge in [0.1, 0.15) is 0 Å². The summed E-state index contributed by atoms with van der Waals surface area (Å²) in [6.45, 7) is 9.42. The molecule has 0 radical (unpaired) electrons. The number of carboxylic acid groups (broad SMARTS) is 1. The van der Waals surface area contributed by atoms with E-state index >= 15 is 0 Å². The summed E-state index contributed by atoms with van der Waals surface area (Å²) >= 11 is 0. The molecule has 0 bridgehead atoms. The second-order valence-electron chi connectivity index (χ2n) is 7.66. The Kier molecular flexibility index (Phi) is 3.50. The zero-order valence-electron chi connectivity index (χ0n) is 12.3. The summed E-state index contributed by atoms with van der Waals surface area (Å²) in [7, 11) is 0. The van der Waals surface area contributed by atoms with Crippen LogP contribution >= 0.6 is 0 Å². The lowest BCUT2D eigenvalue weighted by molar-refractivity contribution is -0.146. The highest BCUT2D eigenvalue weighted by Gasteiger charge is 2.53. The molecule has 0 amide bonds. The van der Waals surface area contributed by atoms with E-state index in [4.69, 9.17) is 0 Å². The highest BCUT2D eigenvalue weighted by atomic mass is 16.4. The summed E-state index contributed by atoms with van der Waals surface area (Å²) in [5, 5.41) is 9.22. The van der Waals surface area contributed by atoms with Gasteiger partial charge < -0.3 is 5.11 Å². The summed E-state index contributed by atoms with van der Waals surface area (Å²) in [6, 6.07) is 0. The molecule has 0 aromatic heterocycles. The number of hydrogen-bond donors (Lipinski definition) is 1. The van der Waals surface area contributed by atoms with Crippen molar-refractivity contribution in [1.82, 2.24) is 0 Å². The molecular weight excluding hydrogens is 224 g/mol. The van der Waals surface area contributed by atoms with Crippen LogP contribution in [-0.4, -0.2) is 11.1 Å². The molecule has 2 rings (SSSR count). The Morgan fingerprint density at radius 2 is 1.94 bits per heavy atom. The fraction of sp³-hybridized carbons (Fsp3) is 0.938. The molecule has 2 aliphatic rings. The second-order valence-corrected chi connectivity index (χ2v) is 7.66. The van der Waals surface area contributed by atoms with Gasteiger partial charge in [0.2, 0.25) is 0 Å². The first kappa shape index (κ1) is 13.9. The van der Waals surface area contributed by atoms with Gasteiger partial charge in [0, 0.05) is 7.85 Å². The lowest BCUT2D eigenvalue weighted by Crippen LogP contribution is -2.51. The summed E-state index contributed by atoms with van der Waals surface area (Å²) in [4.78, 5) is 11.2. The Labute approximate surface area is 113 Å². The van der Waals surface area contributed by atoms with Crippen molar-refractivity contribution < 1.29 is 11.3 Å². The maximum Gasteiger partial charge on any atom is 0.303 e. The Balaban J connectivity index is 0.00000180. The Morgan fingerprint density at radius 1 is 1.28 bits per heavy atom. The van der Waals surface area contributed by atoms with Gasteiger partial charge in [0.25, 0.3) is 0 Å². The maximum absolute atomic E-state index is 11.2. The topological polar surface area (TPSA) is 37.3 Å². The minimum Gasteiger partial charge on any atom is -0.481 e. The van der Waals surface area contributed by atoms with Crippen LogP contribution in [-0.2, 0) is 4.79 Å². The minimum atomic E-state index is -0.614. The predicted molar refractivity (Wildman–Crippen MR) is 75.5 cm³/mol. The average molecular weight is 254 g/mol. The normalized spacial score (nSPS) is 43.2. The van der Waals surface area contributed by atoms with Crippen molar-refractivity contribution in [3.63, 3.8) is 0 Å². The number of carbonyl (C=O) groups is 1. The van der Waals surface area contributed by atoms with Crippen molar-refractivity contribution in [2.75, 3.05) is 0 Å². The fourth-order valence-electron chi connectivity index (χ4n) is 5.23. The van der Waals surface area contributed by atoms with E-state index in [1.807, 2.05) is 0 Å². The van der Waals surface area contributed by atoms with E-state index in [9.17, 15) is 9.90 Å². The Morgan fingerprint density at radius 3 is 2.56 bits per heavy atom. The third-order valence-corrected chi connectivity index (χ3v) is 6.12. The van der Waals surface area contributed by atoms with Crippen molar-refractivity contribution in [2.24, 2.45) is 28.6 Å². The van der Waals surface area contributed by atoms with E-state index in [2.05, 4.69) is 27.7 Å². The van der Waals surface area contributed by atoms with Gasteiger partial charge in [0.05, 0.1) is 0 Å². The van der Waals surface area contributed by atoms with Crippen LogP contribution in [0.5, 0.6) is 0 Å². The average Bonchev–Trinajstić information content (AvgIpc) is 2.22. The summed E-state index contributed by atoms with van der Waals surface area (Å²) in [6.07, 6.45) is 6.67. The lowest BCUT2D eigenvalue weighted by atomic mass is 9.46. The maximum atomic E-state index is 11.2. The molecule has 2 heteroatoms. The van der Waals surface area contributed by atoms with Crippen molar-refractivity contribution in [2.45, 2.75) is 66.2 Å². The first-order chi connectivity index (χ1) is 8.27. The van der Waals surface area contributed by atoms with Gasteiger partial charge in [-0.25, -0.2) is 0 Å². The van der Waals surface area contributed by atoms with Crippen LogP contribution in [0.3, 0.4) is 0 Å². The quantitative estimate of drug-likeness (QED) is 0.782. The van der Waals surface area contributed by atoms with E-state index in [0.717, 1.165) is 0 Å². The highest BCUT2D eigenvalue weighted by molar-refractivity contribution is 5.67. The van der Waals surface area contributed by atoms with Crippen LogP contribution in [0.25, 0.3) is 0 Å². The van der Waals surface area contributed by atoms with Crippen LogP contribution in [0.15, 0.2) is 0 Å². The van der Waals surface area contributed by atoms with Crippen molar-refractivity contribution >= 4 is 5.97 Å². The number of fused-ring (bicyclic) bond motifs is 1. The van der Waals surface area contributed by atoms with Crippen molar-refractivity contribution in [3.05, 3.63) is 0 Å².